The maximum Gasteiger partial charge on any atom is 0.236 e. The monoisotopic (exact) mass is 343 g/mol. The van der Waals surface area contributed by atoms with Crippen LogP contribution >= 0.6 is 0 Å². The fraction of sp³-hybridized carbons (Fsp3) is 0.600. The number of hydrogen-bond acceptors (Lipinski definition) is 3. The molecule has 2 aliphatic heterocycles. The van der Waals surface area contributed by atoms with Gasteiger partial charge in [-0.1, -0.05) is 31.2 Å². The summed E-state index contributed by atoms with van der Waals surface area (Å²) >= 11 is 0. The Balaban J connectivity index is 1.60. The minimum atomic E-state index is 0.166. The lowest BCUT2D eigenvalue weighted by Crippen LogP contribution is -2.57. The molecular formula is C20H29N3O2. The number of nitrogens with zero attached hydrogens (tertiary/aromatic N) is 2. The highest BCUT2D eigenvalue weighted by Crippen LogP contribution is 2.25. The normalized spacial score (nSPS) is 22.8. The van der Waals surface area contributed by atoms with Crippen molar-refractivity contribution in [2.75, 3.05) is 32.7 Å². The molecule has 2 heterocycles. The highest BCUT2D eigenvalue weighted by molar-refractivity contribution is 5.80. The van der Waals surface area contributed by atoms with Crippen molar-refractivity contribution in [3.63, 3.8) is 0 Å². The van der Waals surface area contributed by atoms with Crippen LogP contribution in [0.25, 0.3) is 0 Å². The van der Waals surface area contributed by atoms with Crippen LogP contribution in [0.15, 0.2) is 24.3 Å². The number of rotatable bonds is 4. The number of benzene rings is 1. The summed E-state index contributed by atoms with van der Waals surface area (Å²) < 4.78 is 0. The average Bonchev–Trinajstić information content (AvgIpc) is 2.62. The van der Waals surface area contributed by atoms with Crippen LogP contribution in [-0.4, -0.2) is 60.4 Å². The molecule has 5 nitrogen and oxygen atoms in total. The van der Waals surface area contributed by atoms with E-state index < -0.39 is 0 Å². The molecule has 0 radical (unpaired) electrons. The molecule has 2 atom stereocenters. The third kappa shape index (κ3) is 4.21. The predicted molar refractivity (Wildman–Crippen MR) is 98.4 cm³/mol. The Hall–Kier alpha value is -1.88. The number of piperidine rings is 1. The number of carbonyl (C=O) groups excluding carboxylic acids is 2. The Labute approximate surface area is 150 Å². The maximum absolute atomic E-state index is 12.8. The Morgan fingerprint density at radius 2 is 2.12 bits per heavy atom. The molecule has 5 heteroatoms. The van der Waals surface area contributed by atoms with Gasteiger partial charge in [-0.25, -0.2) is 0 Å². The standard InChI is InChI=1S/C20H29N3O2/c1-15-6-3-4-8-18(15)16(2)12-19(24)22-10-5-7-17(14-22)23-11-9-21-13-20(23)25/h3-4,6,8,16-17,21H,5,7,9-14H2,1-2H3. The van der Waals surface area contributed by atoms with Crippen molar-refractivity contribution in [1.82, 2.24) is 15.1 Å². The van der Waals surface area contributed by atoms with Crippen LogP contribution in [-0.2, 0) is 9.59 Å². The van der Waals surface area contributed by atoms with Crippen molar-refractivity contribution in [3.8, 4) is 0 Å². The van der Waals surface area contributed by atoms with Crippen molar-refractivity contribution in [3.05, 3.63) is 35.4 Å². The predicted octanol–water partition coefficient (Wildman–Crippen LogP) is 1.91. The van der Waals surface area contributed by atoms with Gasteiger partial charge in [0, 0.05) is 38.6 Å². The first kappa shape index (κ1) is 17.9. The number of piperazine rings is 1. The third-order valence-corrected chi connectivity index (χ3v) is 5.52. The second kappa shape index (κ2) is 8.00. The molecule has 2 unspecified atom stereocenters. The Kier molecular flexibility index (Phi) is 5.74. The first-order valence-electron chi connectivity index (χ1n) is 9.39. The molecule has 3 rings (SSSR count). The summed E-state index contributed by atoms with van der Waals surface area (Å²) in [6.45, 7) is 7.76. The van der Waals surface area contributed by atoms with Gasteiger partial charge in [-0.15, -0.1) is 0 Å². The molecule has 0 spiro atoms. The summed E-state index contributed by atoms with van der Waals surface area (Å²) in [4.78, 5) is 28.9. The molecule has 2 amide bonds. The zero-order valence-corrected chi connectivity index (χ0v) is 15.3. The topological polar surface area (TPSA) is 52.7 Å². The zero-order valence-electron chi connectivity index (χ0n) is 15.3. The molecule has 2 saturated heterocycles. The smallest absolute Gasteiger partial charge is 0.236 e. The number of carbonyl (C=O) groups is 2. The van der Waals surface area contributed by atoms with Gasteiger partial charge in [0.2, 0.25) is 11.8 Å². The number of hydrogen-bond donors (Lipinski definition) is 1. The molecule has 25 heavy (non-hydrogen) atoms. The lowest BCUT2D eigenvalue weighted by molar-refractivity contribution is -0.140. The summed E-state index contributed by atoms with van der Waals surface area (Å²) in [5, 5.41) is 3.12. The Bertz CT molecular complexity index is 631. The van der Waals surface area contributed by atoms with E-state index >= 15 is 0 Å². The van der Waals surface area contributed by atoms with E-state index in [9.17, 15) is 9.59 Å². The Morgan fingerprint density at radius 1 is 1.32 bits per heavy atom. The highest BCUT2D eigenvalue weighted by atomic mass is 16.2. The van der Waals surface area contributed by atoms with E-state index in [1.165, 1.54) is 11.1 Å². The van der Waals surface area contributed by atoms with Crippen molar-refractivity contribution in [1.29, 1.82) is 0 Å². The van der Waals surface area contributed by atoms with Crippen molar-refractivity contribution in [2.45, 2.75) is 45.1 Å². The lowest BCUT2D eigenvalue weighted by Gasteiger charge is -2.41. The van der Waals surface area contributed by atoms with Crippen LogP contribution in [0, 0.1) is 6.92 Å². The van der Waals surface area contributed by atoms with E-state index in [-0.39, 0.29) is 23.8 Å². The van der Waals surface area contributed by atoms with Crippen LogP contribution in [0.5, 0.6) is 0 Å². The summed E-state index contributed by atoms with van der Waals surface area (Å²) in [5.74, 6) is 0.594. The lowest BCUT2D eigenvalue weighted by atomic mass is 9.92. The van der Waals surface area contributed by atoms with Crippen LogP contribution in [0.2, 0.25) is 0 Å². The molecule has 1 N–H and O–H groups in total. The minimum absolute atomic E-state index is 0.166. The number of aryl methyl sites for hydroxylation is 1. The van der Waals surface area contributed by atoms with Gasteiger partial charge in [-0.05, 0) is 36.8 Å². The fourth-order valence-corrected chi connectivity index (χ4v) is 4.08. The maximum atomic E-state index is 12.8. The van der Waals surface area contributed by atoms with Crippen LogP contribution in [0.1, 0.15) is 43.2 Å². The van der Waals surface area contributed by atoms with E-state index in [0.717, 1.165) is 32.5 Å². The molecule has 1 aromatic carbocycles. The first-order valence-corrected chi connectivity index (χ1v) is 9.39. The molecule has 0 aliphatic carbocycles. The molecule has 2 aliphatic rings. The van der Waals surface area contributed by atoms with Crippen molar-refractivity contribution >= 4 is 11.8 Å². The van der Waals surface area contributed by atoms with E-state index in [1.54, 1.807) is 0 Å². The second-order valence-corrected chi connectivity index (χ2v) is 7.36. The van der Waals surface area contributed by atoms with Crippen molar-refractivity contribution < 1.29 is 9.59 Å². The zero-order chi connectivity index (χ0) is 17.8. The van der Waals surface area contributed by atoms with E-state index in [2.05, 4.69) is 31.3 Å². The SMILES string of the molecule is Cc1ccccc1C(C)CC(=O)N1CCCC(N2CCNCC2=O)C1. The van der Waals surface area contributed by atoms with Gasteiger partial charge in [-0.2, -0.15) is 0 Å². The van der Waals surface area contributed by atoms with Gasteiger partial charge in [-0.3, -0.25) is 9.59 Å². The molecule has 0 saturated carbocycles. The minimum Gasteiger partial charge on any atom is -0.341 e. The molecule has 136 valence electrons. The average molecular weight is 343 g/mol. The van der Waals surface area contributed by atoms with Crippen LogP contribution < -0.4 is 5.32 Å². The summed E-state index contributed by atoms with van der Waals surface area (Å²) in [6.07, 6.45) is 2.52. The van der Waals surface area contributed by atoms with Gasteiger partial charge in [0.1, 0.15) is 0 Å². The quantitative estimate of drug-likeness (QED) is 0.909. The second-order valence-electron chi connectivity index (χ2n) is 7.36. The van der Waals surface area contributed by atoms with Gasteiger partial charge in [0.15, 0.2) is 0 Å². The molecule has 0 bridgehead atoms. The van der Waals surface area contributed by atoms with Gasteiger partial charge in [0.05, 0.1) is 6.54 Å². The van der Waals surface area contributed by atoms with Crippen LogP contribution in [0.3, 0.4) is 0 Å². The van der Waals surface area contributed by atoms with Gasteiger partial charge < -0.3 is 15.1 Å². The highest BCUT2D eigenvalue weighted by Gasteiger charge is 2.31. The number of likely N-dealkylation sites (tertiary alicyclic amines) is 1. The first-order chi connectivity index (χ1) is 12.1. The third-order valence-electron chi connectivity index (χ3n) is 5.52. The van der Waals surface area contributed by atoms with Gasteiger partial charge in [0.25, 0.3) is 0 Å². The largest absolute Gasteiger partial charge is 0.341 e. The van der Waals surface area contributed by atoms with E-state index in [1.807, 2.05) is 21.9 Å². The van der Waals surface area contributed by atoms with E-state index in [4.69, 9.17) is 0 Å². The number of amides is 2. The molecule has 0 aromatic heterocycles. The summed E-state index contributed by atoms with van der Waals surface area (Å²) in [7, 11) is 0. The van der Waals surface area contributed by atoms with Gasteiger partial charge >= 0.3 is 0 Å². The molecule has 1 aromatic rings. The molecular weight excluding hydrogens is 314 g/mol. The Morgan fingerprint density at radius 3 is 2.88 bits per heavy atom. The number of nitrogens with one attached hydrogen (secondary N) is 1. The summed E-state index contributed by atoms with van der Waals surface area (Å²) in [5.41, 5.74) is 2.49. The molecule has 2 fully saturated rings. The fourth-order valence-electron chi connectivity index (χ4n) is 4.08. The van der Waals surface area contributed by atoms with E-state index in [0.29, 0.717) is 19.5 Å². The van der Waals surface area contributed by atoms with Crippen molar-refractivity contribution in [2.24, 2.45) is 0 Å². The summed E-state index contributed by atoms with van der Waals surface area (Å²) in [6, 6.07) is 8.47. The van der Waals surface area contributed by atoms with Crippen LogP contribution in [0.4, 0.5) is 0 Å².